The van der Waals surface area contributed by atoms with Crippen molar-refractivity contribution in [1.29, 1.82) is 0 Å². The lowest BCUT2D eigenvalue weighted by molar-refractivity contribution is -0.169. The molecule has 0 bridgehead atoms. The Morgan fingerprint density at radius 1 is 0.921 bits per heavy atom. The molecule has 1 saturated carbocycles. The highest BCUT2D eigenvalue weighted by Gasteiger charge is 2.53. The molecule has 0 heterocycles. The molecule has 1 aliphatic carbocycles. The second-order valence-electron chi connectivity index (χ2n) is 9.26. The van der Waals surface area contributed by atoms with Crippen molar-refractivity contribution in [3.63, 3.8) is 0 Å². The Bertz CT molecular complexity index is 1390. The summed E-state index contributed by atoms with van der Waals surface area (Å²) >= 11 is 12.3. The Kier molecular flexibility index (Phi) is 8.54. The third-order valence-corrected chi connectivity index (χ3v) is 7.39. The highest BCUT2D eigenvalue weighted by molar-refractivity contribution is 6.35. The van der Waals surface area contributed by atoms with Gasteiger partial charge in [-0.05, 0) is 47.0 Å². The first kappa shape index (κ1) is 27.4. The minimum atomic E-state index is -1.32. The van der Waals surface area contributed by atoms with E-state index in [4.69, 9.17) is 33.0 Å². The lowest BCUT2D eigenvalue weighted by Gasteiger charge is -2.38. The molecule has 4 unspecified atom stereocenters. The number of rotatable bonds is 10. The van der Waals surface area contributed by atoms with E-state index in [1.165, 1.54) is 0 Å². The number of carboxylic acid groups (broad SMARTS) is 2. The molecule has 3 N–H and O–H groups in total. The molecule has 4 atom stereocenters. The van der Waals surface area contributed by atoms with E-state index < -0.39 is 47.7 Å². The molecule has 198 valence electrons. The fraction of sp³-hybridized carbons (Fsp3) is 0.286. The number of hydrogen-bond acceptors (Lipinski definition) is 5. The number of carbonyl (C=O) groups excluding carboxylic acids is 2. The molecule has 0 radical (unpaired) electrons. The first-order valence-corrected chi connectivity index (χ1v) is 12.8. The zero-order valence-electron chi connectivity index (χ0n) is 20.1. The zero-order valence-corrected chi connectivity index (χ0v) is 21.6. The second-order valence-corrected chi connectivity index (χ2v) is 10.1. The molecule has 0 spiro atoms. The number of nitrogens with one attached hydrogen (secondary N) is 1. The predicted octanol–water partition coefficient (Wildman–Crippen LogP) is 4.84. The van der Waals surface area contributed by atoms with E-state index in [1.54, 1.807) is 30.3 Å². The number of ether oxygens (including phenoxy) is 1. The Hall–Kier alpha value is -3.62. The molecule has 1 fully saturated rings. The largest absolute Gasteiger partial charge is 0.481 e. The molecule has 1 aliphatic rings. The van der Waals surface area contributed by atoms with E-state index >= 15 is 0 Å². The molecule has 38 heavy (non-hydrogen) atoms. The van der Waals surface area contributed by atoms with Crippen molar-refractivity contribution in [2.24, 2.45) is 17.8 Å². The van der Waals surface area contributed by atoms with Gasteiger partial charge in [0.15, 0.2) is 0 Å². The molecular weight excluding hydrogens is 533 g/mol. The number of fused-ring (bicyclic) bond motifs is 1. The maximum atomic E-state index is 13.0. The van der Waals surface area contributed by atoms with Gasteiger partial charge in [-0.2, -0.15) is 0 Å². The van der Waals surface area contributed by atoms with Crippen LogP contribution in [0.15, 0.2) is 60.7 Å². The molecule has 8 nitrogen and oxygen atoms in total. The predicted molar refractivity (Wildman–Crippen MR) is 141 cm³/mol. The van der Waals surface area contributed by atoms with Gasteiger partial charge in [0.1, 0.15) is 6.10 Å². The van der Waals surface area contributed by atoms with Gasteiger partial charge in [0, 0.05) is 29.4 Å². The van der Waals surface area contributed by atoms with Crippen LogP contribution in [0.2, 0.25) is 10.0 Å². The van der Waals surface area contributed by atoms with E-state index in [0.717, 1.165) is 10.8 Å². The van der Waals surface area contributed by atoms with Crippen molar-refractivity contribution in [3.8, 4) is 0 Å². The number of aliphatic carboxylic acids is 2. The average molecular weight is 558 g/mol. The summed E-state index contributed by atoms with van der Waals surface area (Å²) in [6, 6.07) is 17.9. The van der Waals surface area contributed by atoms with Crippen LogP contribution < -0.4 is 5.32 Å². The molecular formula is C28H25Cl2NO7. The summed E-state index contributed by atoms with van der Waals surface area (Å²) in [5.41, 5.74) is 1.08. The normalized spacial score (nSPS) is 19.3. The lowest BCUT2D eigenvalue weighted by Crippen LogP contribution is -2.52. The molecule has 1 amide bonds. The number of benzene rings is 3. The van der Waals surface area contributed by atoms with Crippen LogP contribution in [0.3, 0.4) is 0 Å². The summed E-state index contributed by atoms with van der Waals surface area (Å²) in [7, 11) is 0. The summed E-state index contributed by atoms with van der Waals surface area (Å²) in [6.45, 7) is 0.0836. The monoisotopic (exact) mass is 557 g/mol. The van der Waals surface area contributed by atoms with Gasteiger partial charge in [0.25, 0.3) is 0 Å². The Morgan fingerprint density at radius 2 is 1.66 bits per heavy atom. The Balaban J connectivity index is 1.44. The lowest BCUT2D eigenvalue weighted by atomic mass is 9.64. The molecule has 10 heteroatoms. The SMILES string of the molecule is O=C(OC(CCNC(=O)C1CC(C(=O)O)C1C(=O)O)Cc1ccc(Cl)cc1Cl)c1ccc2ccccc2c1. The Labute approximate surface area is 228 Å². The third kappa shape index (κ3) is 6.26. The van der Waals surface area contributed by atoms with Gasteiger partial charge in [0.2, 0.25) is 5.91 Å². The van der Waals surface area contributed by atoms with Crippen molar-refractivity contribution in [2.75, 3.05) is 6.54 Å². The first-order valence-electron chi connectivity index (χ1n) is 12.0. The number of esters is 1. The van der Waals surface area contributed by atoms with Crippen molar-refractivity contribution in [3.05, 3.63) is 81.8 Å². The van der Waals surface area contributed by atoms with Crippen molar-refractivity contribution in [1.82, 2.24) is 5.32 Å². The molecule has 3 aromatic carbocycles. The first-order chi connectivity index (χ1) is 18.1. The standard InChI is InChI=1S/C28H25Cl2NO7/c29-19-8-7-17(23(30)13-19)12-20(38-28(37)18-6-5-15-3-1-2-4-16(15)11-18)9-10-31-25(32)21-14-22(26(33)34)24(21)27(35)36/h1-8,11,13,20-22,24H,9-10,12,14H2,(H,31,32)(H,33,34)(H,35,36). The van der Waals surface area contributed by atoms with E-state index in [2.05, 4.69) is 5.32 Å². The quantitative estimate of drug-likeness (QED) is 0.304. The van der Waals surface area contributed by atoms with Crippen LogP contribution in [0.5, 0.6) is 0 Å². The number of amides is 1. The van der Waals surface area contributed by atoms with E-state index in [9.17, 15) is 24.3 Å². The van der Waals surface area contributed by atoms with Crippen LogP contribution in [0, 0.1) is 17.8 Å². The summed E-state index contributed by atoms with van der Waals surface area (Å²) < 4.78 is 5.81. The topological polar surface area (TPSA) is 130 Å². The summed E-state index contributed by atoms with van der Waals surface area (Å²) in [4.78, 5) is 48.3. The van der Waals surface area contributed by atoms with Gasteiger partial charge in [-0.15, -0.1) is 0 Å². The summed E-state index contributed by atoms with van der Waals surface area (Å²) in [5.74, 6) is -6.93. The fourth-order valence-electron chi connectivity index (χ4n) is 4.68. The maximum Gasteiger partial charge on any atom is 0.338 e. The Morgan fingerprint density at radius 3 is 2.34 bits per heavy atom. The van der Waals surface area contributed by atoms with Crippen LogP contribution in [-0.4, -0.2) is 46.7 Å². The van der Waals surface area contributed by atoms with Gasteiger partial charge in [-0.1, -0.05) is 59.6 Å². The highest BCUT2D eigenvalue weighted by atomic mass is 35.5. The second kappa shape index (κ2) is 11.8. The van der Waals surface area contributed by atoms with Crippen LogP contribution in [0.1, 0.15) is 28.8 Å². The smallest absolute Gasteiger partial charge is 0.338 e. The number of halogens is 2. The number of hydrogen-bond donors (Lipinski definition) is 3. The summed E-state index contributed by atoms with van der Waals surface area (Å²) in [6.07, 6.45) is -0.236. The van der Waals surface area contributed by atoms with Crippen LogP contribution in [-0.2, 0) is 25.5 Å². The van der Waals surface area contributed by atoms with Gasteiger partial charge >= 0.3 is 17.9 Å². The molecule has 0 aliphatic heterocycles. The van der Waals surface area contributed by atoms with Gasteiger partial charge in [-0.25, -0.2) is 4.79 Å². The third-order valence-electron chi connectivity index (χ3n) is 6.80. The van der Waals surface area contributed by atoms with Crippen molar-refractivity contribution < 1.29 is 34.1 Å². The minimum Gasteiger partial charge on any atom is -0.481 e. The highest BCUT2D eigenvalue weighted by Crippen LogP contribution is 2.41. The fourth-order valence-corrected chi connectivity index (χ4v) is 5.16. The van der Waals surface area contributed by atoms with Gasteiger partial charge in [0.05, 0.1) is 23.3 Å². The van der Waals surface area contributed by atoms with E-state index in [0.29, 0.717) is 21.2 Å². The molecule has 0 aromatic heterocycles. The van der Waals surface area contributed by atoms with Gasteiger partial charge in [-0.3, -0.25) is 14.4 Å². The number of carboxylic acids is 2. The van der Waals surface area contributed by atoms with Crippen LogP contribution in [0.4, 0.5) is 0 Å². The van der Waals surface area contributed by atoms with Crippen molar-refractivity contribution >= 4 is 57.8 Å². The van der Waals surface area contributed by atoms with Gasteiger partial charge < -0.3 is 20.3 Å². The van der Waals surface area contributed by atoms with Crippen molar-refractivity contribution in [2.45, 2.75) is 25.4 Å². The van der Waals surface area contributed by atoms with Crippen LogP contribution >= 0.6 is 23.2 Å². The molecule has 4 rings (SSSR count). The minimum absolute atomic E-state index is 0.0428. The molecule has 3 aromatic rings. The summed E-state index contributed by atoms with van der Waals surface area (Å²) in [5, 5.41) is 23.9. The van der Waals surface area contributed by atoms with Crippen LogP contribution in [0.25, 0.3) is 10.8 Å². The van der Waals surface area contributed by atoms with E-state index in [1.807, 2.05) is 30.3 Å². The average Bonchev–Trinajstić information content (AvgIpc) is 2.84. The maximum absolute atomic E-state index is 13.0. The van der Waals surface area contributed by atoms with E-state index in [-0.39, 0.29) is 25.8 Å². The zero-order chi connectivity index (χ0) is 27.4. The molecule has 0 saturated heterocycles. The number of carbonyl (C=O) groups is 4.